The fourth-order valence-electron chi connectivity index (χ4n) is 3.43. The minimum atomic E-state index is 0.0285. The molecule has 1 heterocycles. The average Bonchev–Trinajstić information content (AvgIpc) is 2.78. The minimum absolute atomic E-state index is 0.0285. The van der Waals surface area contributed by atoms with E-state index in [2.05, 4.69) is 30.9 Å². The molecule has 162 valence electrons. The van der Waals surface area contributed by atoms with Gasteiger partial charge < -0.3 is 24.0 Å². The molecule has 0 radical (unpaired) electrons. The van der Waals surface area contributed by atoms with Gasteiger partial charge in [0.2, 0.25) is 0 Å². The van der Waals surface area contributed by atoms with E-state index in [0.29, 0.717) is 49.3 Å². The van der Waals surface area contributed by atoms with Crippen LogP contribution in [-0.4, -0.2) is 57.3 Å². The summed E-state index contributed by atoms with van der Waals surface area (Å²) in [5.41, 5.74) is 1.78. The third kappa shape index (κ3) is 5.38. The number of anilines is 1. The van der Waals surface area contributed by atoms with Crippen molar-refractivity contribution in [1.29, 1.82) is 0 Å². The highest BCUT2D eigenvalue weighted by molar-refractivity contribution is 5.95. The number of hydrogen-bond acceptors (Lipinski definition) is 5. The van der Waals surface area contributed by atoms with Crippen molar-refractivity contribution in [2.24, 2.45) is 5.92 Å². The van der Waals surface area contributed by atoms with E-state index in [0.717, 1.165) is 24.5 Å². The van der Waals surface area contributed by atoms with Crippen LogP contribution in [0, 0.1) is 5.92 Å². The molecule has 1 aliphatic rings. The highest BCUT2D eigenvalue weighted by Gasteiger charge is 2.23. The number of carbonyl (C=O) groups excluding carboxylic acids is 1. The first kappa shape index (κ1) is 21.8. The summed E-state index contributed by atoms with van der Waals surface area (Å²) in [6, 6.07) is 13.5. The third-order valence-corrected chi connectivity index (χ3v) is 5.07. The van der Waals surface area contributed by atoms with Crippen LogP contribution in [0.4, 0.5) is 5.69 Å². The Morgan fingerprint density at radius 1 is 0.967 bits per heavy atom. The number of ether oxygens (including phenoxy) is 3. The highest BCUT2D eigenvalue weighted by atomic mass is 16.5. The van der Waals surface area contributed by atoms with Gasteiger partial charge in [-0.05, 0) is 55.3 Å². The SMILES string of the molecule is CCOc1cc(C(=O)N2CCN(c3ccc(OC)cc3)CC2)ccc1OCC(C)C. The van der Waals surface area contributed by atoms with Crippen LogP contribution in [0.3, 0.4) is 0 Å². The Balaban J connectivity index is 1.64. The van der Waals surface area contributed by atoms with Crippen LogP contribution in [-0.2, 0) is 0 Å². The molecule has 0 atom stereocenters. The maximum absolute atomic E-state index is 13.1. The van der Waals surface area contributed by atoms with Crippen molar-refractivity contribution in [3.63, 3.8) is 0 Å². The van der Waals surface area contributed by atoms with Gasteiger partial charge in [0.1, 0.15) is 5.75 Å². The molecule has 0 spiro atoms. The zero-order valence-corrected chi connectivity index (χ0v) is 18.4. The lowest BCUT2D eigenvalue weighted by molar-refractivity contribution is 0.0746. The second-order valence-corrected chi connectivity index (χ2v) is 7.78. The third-order valence-electron chi connectivity index (χ3n) is 5.07. The molecular formula is C24H32N2O4. The smallest absolute Gasteiger partial charge is 0.254 e. The summed E-state index contributed by atoms with van der Waals surface area (Å²) in [4.78, 5) is 17.2. The first-order valence-corrected chi connectivity index (χ1v) is 10.6. The molecule has 30 heavy (non-hydrogen) atoms. The Labute approximate surface area is 179 Å². The van der Waals surface area contributed by atoms with Crippen LogP contribution in [0.5, 0.6) is 17.2 Å². The minimum Gasteiger partial charge on any atom is -0.497 e. The summed E-state index contributed by atoms with van der Waals surface area (Å²) in [6.07, 6.45) is 0. The molecule has 6 nitrogen and oxygen atoms in total. The van der Waals surface area contributed by atoms with E-state index in [1.807, 2.05) is 36.1 Å². The fourth-order valence-corrected chi connectivity index (χ4v) is 3.43. The van der Waals surface area contributed by atoms with Crippen molar-refractivity contribution in [3.8, 4) is 17.2 Å². The molecule has 0 unspecified atom stereocenters. The van der Waals surface area contributed by atoms with E-state index in [9.17, 15) is 4.79 Å². The van der Waals surface area contributed by atoms with Gasteiger partial charge in [0.25, 0.3) is 5.91 Å². The lowest BCUT2D eigenvalue weighted by atomic mass is 10.1. The second kappa shape index (κ2) is 10.2. The van der Waals surface area contributed by atoms with Crippen molar-refractivity contribution in [2.45, 2.75) is 20.8 Å². The molecule has 1 saturated heterocycles. The number of carbonyl (C=O) groups is 1. The molecular weight excluding hydrogens is 380 g/mol. The number of rotatable bonds is 8. The summed E-state index contributed by atoms with van der Waals surface area (Å²) in [5, 5.41) is 0. The van der Waals surface area contributed by atoms with Gasteiger partial charge in [-0.25, -0.2) is 0 Å². The van der Waals surface area contributed by atoms with Gasteiger partial charge in [-0.1, -0.05) is 13.8 Å². The van der Waals surface area contributed by atoms with E-state index in [1.165, 1.54) is 0 Å². The monoisotopic (exact) mass is 412 g/mol. The zero-order chi connectivity index (χ0) is 21.5. The summed E-state index contributed by atoms with van der Waals surface area (Å²) in [7, 11) is 1.67. The van der Waals surface area contributed by atoms with Gasteiger partial charge >= 0.3 is 0 Å². The van der Waals surface area contributed by atoms with E-state index in [1.54, 1.807) is 13.2 Å². The van der Waals surface area contributed by atoms with Crippen molar-refractivity contribution in [1.82, 2.24) is 4.90 Å². The van der Waals surface area contributed by atoms with Gasteiger partial charge in [0.15, 0.2) is 11.5 Å². The predicted octanol–water partition coefficient (Wildman–Crippen LogP) is 4.09. The number of hydrogen-bond donors (Lipinski definition) is 0. The van der Waals surface area contributed by atoms with Crippen LogP contribution < -0.4 is 19.1 Å². The molecule has 2 aromatic rings. The molecule has 0 aliphatic carbocycles. The van der Waals surface area contributed by atoms with Crippen molar-refractivity contribution >= 4 is 11.6 Å². The summed E-state index contributed by atoms with van der Waals surface area (Å²) >= 11 is 0. The van der Waals surface area contributed by atoms with Crippen molar-refractivity contribution < 1.29 is 19.0 Å². The maximum atomic E-state index is 13.1. The van der Waals surface area contributed by atoms with Crippen molar-refractivity contribution in [2.75, 3.05) is 51.4 Å². The first-order valence-electron chi connectivity index (χ1n) is 10.6. The first-order chi connectivity index (χ1) is 14.5. The molecule has 0 bridgehead atoms. The number of methoxy groups -OCH3 is 1. The van der Waals surface area contributed by atoms with Gasteiger partial charge in [-0.2, -0.15) is 0 Å². The lowest BCUT2D eigenvalue weighted by Gasteiger charge is -2.36. The van der Waals surface area contributed by atoms with E-state index in [-0.39, 0.29) is 5.91 Å². The molecule has 1 aliphatic heterocycles. The normalized spacial score (nSPS) is 14.0. The number of benzene rings is 2. The standard InChI is InChI=1S/C24H32N2O4/c1-5-29-23-16-19(6-11-22(23)30-17-18(2)3)24(27)26-14-12-25(13-15-26)20-7-9-21(28-4)10-8-20/h6-11,16,18H,5,12-15,17H2,1-4H3. The Morgan fingerprint density at radius 3 is 2.27 bits per heavy atom. The van der Waals surface area contributed by atoms with Crippen LogP contribution in [0.2, 0.25) is 0 Å². The van der Waals surface area contributed by atoms with Crippen LogP contribution in [0.1, 0.15) is 31.1 Å². The molecule has 1 amide bonds. The molecule has 0 saturated carbocycles. The summed E-state index contributed by atoms with van der Waals surface area (Å²) < 4.78 is 16.8. The van der Waals surface area contributed by atoms with E-state index < -0.39 is 0 Å². The van der Waals surface area contributed by atoms with Crippen molar-refractivity contribution in [3.05, 3.63) is 48.0 Å². The second-order valence-electron chi connectivity index (χ2n) is 7.78. The van der Waals surface area contributed by atoms with Crippen LogP contribution >= 0.6 is 0 Å². The number of piperazine rings is 1. The van der Waals surface area contributed by atoms with Gasteiger partial charge in [0, 0.05) is 37.4 Å². The highest BCUT2D eigenvalue weighted by Crippen LogP contribution is 2.30. The predicted molar refractivity (Wildman–Crippen MR) is 119 cm³/mol. The Bertz CT molecular complexity index is 828. The number of nitrogens with zero attached hydrogens (tertiary/aromatic N) is 2. The summed E-state index contributed by atoms with van der Waals surface area (Å²) in [6.45, 7) is 10.2. The molecule has 3 rings (SSSR count). The van der Waals surface area contributed by atoms with Crippen LogP contribution in [0.25, 0.3) is 0 Å². The maximum Gasteiger partial charge on any atom is 0.254 e. The quantitative estimate of drug-likeness (QED) is 0.654. The molecule has 0 N–H and O–H groups in total. The van der Waals surface area contributed by atoms with Gasteiger partial charge in [-0.15, -0.1) is 0 Å². The Morgan fingerprint density at radius 2 is 1.67 bits per heavy atom. The Kier molecular flexibility index (Phi) is 7.44. The number of amides is 1. The van der Waals surface area contributed by atoms with Gasteiger partial charge in [0.05, 0.1) is 20.3 Å². The van der Waals surface area contributed by atoms with E-state index in [4.69, 9.17) is 14.2 Å². The summed E-state index contributed by atoms with van der Waals surface area (Å²) in [5.74, 6) is 2.61. The van der Waals surface area contributed by atoms with Crippen LogP contribution in [0.15, 0.2) is 42.5 Å². The zero-order valence-electron chi connectivity index (χ0n) is 18.4. The Hall–Kier alpha value is -2.89. The van der Waals surface area contributed by atoms with E-state index >= 15 is 0 Å². The lowest BCUT2D eigenvalue weighted by Crippen LogP contribution is -2.48. The molecule has 0 aromatic heterocycles. The molecule has 1 fully saturated rings. The topological polar surface area (TPSA) is 51.2 Å². The fraction of sp³-hybridized carbons (Fsp3) is 0.458. The molecule has 2 aromatic carbocycles. The largest absolute Gasteiger partial charge is 0.497 e. The van der Waals surface area contributed by atoms with Gasteiger partial charge in [-0.3, -0.25) is 4.79 Å². The average molecular weight is 413 g/mol. The molecule has 6 heteroatoms.